The zero-order valence-corrected chi connectivity index (χ0v) is 26.3. The molecule has 228 valence electrons. The van der Waals surface area contributed by atoms with Gasteiger partial charge in [-0.3, -0.25) is 9.36 Å². The number of ether oxygens (including phenoxy) is 2. The Morgan fingerprint density at radius 2 is 1.78 bits per heavy atom. The summed E-state index contributed by atoms with van der Waals surface area (Å²) in [4.78, 5) is 44.4. The van der Waals surface area contributed by atoms with Gasteiger partial charge in [0, 0.05) is 22.6 Å². The number of carboxylic acids is 1. The van der Waals surface area contributed by atoms with E-state index in [0.29, 0.717) is 26.3 Å². The maximum atomic E-state index is 14.3. The van der Waals surface area contributed by atoms with Gasteiger partial charge in [-0.2, -0.15) is 0 Å². The summed E-state index contributed by atoms with van der Waals surface area (Å²) in [5.74, 6) is -0.980. The van der Waals surface area contributed by atoms with E-state index in [1.807, 2.05) is 67.0 Å². The van der Waals surface area contributed by atoms with Crippen LogP contribution in [0.5, 0.6) is 5.75 Å². The molecule has 0 saturated carbocycles. The Labute approximate surface area is 262 Å². The van der Waals surface area contributed by atoms with Crippen LogP contribution in [0.1, 0.15) is 52.8 Å². The summed E-state index contributed by atoms with van der Waals surface area (Å²) < 4.78 is 15.4. The number of methoxy groups -OCH3 is 1. The van der Waals surface area contributed by atoms with Crippen molar-refractivity contribution in [3.63, 3.8) is 0 Å². The van der Waals surface area contributed by atoms with Crippen LogP contribution in [0.3, 0.4) is 0 Å². The maximum absolute atomic E-state index is 14.3. The number of aryl methyl sites for hydroxylation is 1. The lowest BCUT2D eigenvalue weighted by Gasteiger charge is -2.27. The molecule has 0 unspecified atom stereocenters. The molecule has 6 rings (SSSR count). The van der Waals surface area contributed by atoms with Crippen LogP contribution in [-0.2, 0) is 9.53 Å². The predicted molar refractivity (Wildman–Crippen MR) is 173 cm³/mol. The number of benzene rings is 3. The third kappa shape index (κ3) is 5.06. The third-order valence-electron chi connectivity index (χ3n) is 8.07. The number of hydrogen-bond donors (Lipinski definition) is 1. The van der Waals surface area contributed by atoms with E-state index < -0.39 is 18.0 Å². The molecule has 5 aromatic rings. The summed E-state index contributed by atoms with van der Waals surface area (Å²) >= 11 is 1.26. The largest absolute Gasteiger partial charge is 0.496 e. The van der Waals surface area contributed by atoms with Crippen molar-refractivity contribution >= 4 is 40.1 Å². The van der Waals surface area contributed by atoms with Gasteiger partial charge in [0.1, 0.15) is 11.8 Å². The van der Waals surface area contributed by atoms with E-state index in [4.69, 9.17) is 14.5 Å². The molecule has 1 atom stereocenters. The van der Waals surface area contributed by atoms with Gasteiger partial charge in [0.05, 0.1) is 35.1 Å². The number of carbonyl (C=O) groups excluding carboxylic acids is 1. The van der Waals surface area contributed by atoms with Gasteiger partial charge in [-0.1, -0.05) is 41.7 Å². The van der Waals surface area contributed by atoms with E-state index in [-0.39, 0.29) is 23.3 Å². The van der Waals surface area contributed by atoms with Crippen LogP contribution in [0, 0.1) is 13.8 Å². The second kappa shape index (κ2) is 11.7. The summed E-state index contributed by atoms with van der Waals surface area (Å²) in [5.41, 5.74) is 4.82. The van der Waals surface area contributed by atoms with Gasteiger partial charge in [-0.15, -0.1) is 0 Å². The Balaban J connectivity index is 1.57. The Morgan fingerprint density at radius 1 is 1.04 bits per heavy atom. The molecule has 1 aliphatic heterocycles. The van der Waals surface area contributed by atoms with E-state index in [2.05, 4.69) is 0 Å². The lowest BCUT2D eigenvalue weighted by atomic mass is 9.90. The highest BCUT2D eigenvalue weighted by atomic mass is 32.1. The van der Waals surface area contributed by atoms with E-state index in [0.717, 1.165) is 33.4 Å². The average Bonchev–Trinajstić information content (AvgIpc) is 3.48. The molecule has 0 saturated heterocycles. The van der Waals surface area contributed by atoms with Gasteiger partial charge >= 0.3 is 11.9 Å². The first kappa shape index (κ1) is 29.8. The minimum atomic E-state index is -0.987. The normalized spacial score (nSPS) is 14.8. The fourth-order valence-corrected chi connectivity index (χ4v) is 7.06. The SMILES string of the molecule is CCOC(=O)C1=C(C)N=c2s/c(=C/c3cc(C)n(-c4ccc(C(=O)O)cc4)c3C)c(=O)n2[C@@H]1c1c(OC)ccc2ccccc12. The molecule has 10 heteroatoms. The molecule has 0 amide bonds. The summed E-state index contributed by atoms with van der Waals surface area (Å²) in [5, 5.41) is 11.1. The number of thiazole rings is 1. The molecule has 1 aliphatic rings. The zero-order chi connectivity index (χ0) is 32.0. The van der Waals surface area contributed by atoms with Crippen LogP contribution in [0.2, 0.25) is 0 Å². The number of aromatic carboxylic acids is 1. The van der Waals surface area contributed by atoms with Crippen molar-refractivity contribution in [2.75, 3.05) is 13.7 Å². The Bertz CT molecular complexity index is 2220. The lowest BCUT2D eigenvalue weighted by molar-refractivity contribution is -0.139. The second-order valence-corrected chi connectivity index (χ2v) is 11.7. The van der Waals surface area contributed by atoms with Crippen molar-refractivity contribution in [1.82, 2.24) is 9.13 Å². The highest BCUT2D eigenvalue weighted by molar-refractivity contribution is 7.07. The standard InChI is InChI=1S/C35H31N3O6S/c1-6-44-34(42)29-20(3)36-35-38(31(29)30-26-10-8-7-9-22(26)13-16-27(30)43-5)32(39)28(45-35)18-24-17-19(2)37(21(24)4)25-14-11-23(12-15-25)33(40)41/h7-18,31H,6H2,1-5H3,(H,40,41)/b28-18+/t31-/m0/s1. The van der Waals surface area contributed by atoms with E-state index in [9.17, 15) is 19.5 Å². The molecule has 1 N–H and O–H groups in total. The summed E-state index contributed by atoms with van der Waals surface area (Å²) in [7, 11) is 1.57. The van der Waals surface area contributed by atoms with E-state index in [1.54, 1.807) is 49.8 Å². The van der Waals surface area contributed by atoms with E-state index in [1.165, 1.54) is 11.3 Å². The van der Waals surface area contributed by atoms with Gasteiger partial charge < -0.3 is 19.1 Å². The van der Waals surface area contributed by atoms with Crippen LogP contribution < -0.4 is 19.6 Å². The zero-order valence-electron chi connectivity index (χ0n) is 25.5. The highest BCUT2D eigenvalue weighted by Crippen LogP contribution is 2.40. The number of allylic oxidation sites excluding steroid dienone is 1. The van der Waals surface area contributed by atoms with Crippen molar-refractivity contribution in [3.05, 3.63) is 126 Å². The molecule has 0 spiro atoms. The second-order valence-electron chi connectivity index (χ2n) is 10.7. The average molecular weight is 622 g/mol. The maximum Gasteiger partial charge on any atom is 0.338 e. The molecule has 3 heterocycles. The molecule has 0 bridgehead atoms. The summed E-state index contributed by atoms with van der Waals surface area (Å²) in [6, 6.07) is 19.4. The summed E-state index contributed by atoms with van der Waals surface area (Å²) in [6.07, 6.45) is 1.84. The van der Waals surface area contributed by atoms with Crippen molar-refractivity contribution in [3.8, 4) is 11.4 Å². The Hall–Kier alpha value is -5.22. The van der Waals surface area contributed by atoms with Crippen molar-refractivity contribution in [1.29, 1.82) is 0 Å². The number of hydrogen-bond acceptors (Lipinski definition) is 7. The minimum absolute atomic E-state index is 0.175. The number of esters is 1. The highest BCUT2D eigenvalue weighted by Gasteiger charge is 2.36. The first-order chi connectivity index (χ1) is 21.6. The monoisotopic (exact) mass is 621 g/mol. The van der Waals surface area contributed by atoms with Crippen LogP contribution in [0.15, 0.2) is 87.8 Å². The number of nitrogens with zero attached hydrogens (tertiary/aromatic N) is 3. The van der Waals surface area contributed by atoms with Gasteiger partial charge in [0.25, 0.3) is 5.56 Å². The number of carboxylic acid groups (broad SMARTS) is 1. The lowest BCUT2D eigenvalue weighted by Crippen LogP contribution is -2.40. The van der Waals surface area contributed by atoms with Gasteiger partial charge in [-0.05, 0) is 86.5 Å². The number of rotatable bonds is 7. The molecule has 3 aromatic carbocycles. The minimum Gasteiger partial charge on any atom is -0.496 e. The third-order valence-corrected chi connectivity index (χ3v) is 9.05. The quantitative estimate of drug-likeness (QED) is 0.254. The molecular weight excluding hydrogens is 590 g/mol. The summed E-state index contributed by atoms with van der Waals surface area (Å²) in [6.45, 7) is 7.59. The fraction of sp³-hybridized carbons (Fsp3) is 0.200. The molecular formula is C35H31N3O6S. The number of fused-ring (bicyclic) bond motifs is 2. The molecule has 0 aliphatic carbocycles. The topological polar surface area (TPSA) is 112 Å². The molecule has 0 fully saturated rings. The van der Waals surface area contributed by atoms with Crippen molar-refractivity contribution < 1.29 is 24.2 Å². The van der Waals surface area contributed by atoms with Crippen LogP contribution in [-0.4, -0.2) is 39.9 Å². The Morgan fingerprint density at radius 3 is 2.47 bits per heavy atom. The van der Waals surface area contributed by atoms with Crippen molar-refractivity contribution in [2.24, 2.45) is 4.99 Å². The van der Waals surface area contributed by atoms with Crippen LogP contribution in [0.25, 0.3) is 22.5 Å². The van der Waals surface area contributed by atoms with Crippen molar-refractivity contribution in [2.45, 2.75) is 33.7 Å². The smallest absolute Gasteiger partial charge is 0.338 e. The van der Waals surface area contributed by atoms with Crippen LogP contribution >= 0.6 is 11.3 Å². The van der Waals surface area contributed by atoms with E-state index >= 15 is 0 Å². The molecule has 9 nitrogen and oxygen atoms in total. The van der Waals surface area contributed by atoms with Gasteiger partial charge in [0.2, 0.25) is 0 Å². The molecule has 0 radical (unpaired) electrons. The van der Waals surface area contributed by atoms with Crippen LogP contribution in [0.4, 0.5) is 0 Å². The first-order valence-electron chi connectivity index (χ1n) is 14.4. The molecule has 2 aromatic heterocycles. The Kier molecular flexibility index (Phi) is 7.76. The number of carbonyl (C=O) groups is 2. The molecule has 45 heavy (non-hydrogen) atoms. The van der Waals surface area contributed by atoms with Gasteiger partial charge in [-0.25, -0.2) is 14.6 Å². The predicted octanol–water partition coefficient (Wildman–Crippen LogP) is 5.07. The first-order valence-corrected chi connectivity index (χ1v) is 15.2. The van der Waals surface area contributed by atoms with Gasteiger partial charge in [0.15, 0.2) is 4.80 Å². The number of aromatic nitrogens is 2. The fourth-order valence-electron chi connectivity index (χ4n) is 6.03.